The highest BCUT2D eigenvalue weighted by atomic mass is 32.2. The Labute approximate surface area is 119 Å². The number of aliphatic hydroxyl groups is 1. The van der Waals surface area contributed by atoms with Gasteiger partial charge in [0.05, 0.1) is 5.60 Å². The quantitative estimate of drug-likeness (QED) is 0.832. The molecule has 2 N–H and O–H groups in total. The molecule has 1 atom stereocenters. The van der Waals surface area contributed by atoms with E-state index < -0.39 is 5.60 Å². The minimum Gasteiger partial charge on any atom is -0.387 e. The number of amides is 1. The Morgan fingerprint density at radius 3 is 2.42 bits per heavy atom. The monoisotopic (exact) mass is 282 g/mol. The first-order valence-electron chi connectivity index (χ1n) is 6.12. The molecule has 0 bridgehead atoms. The molecule has 0 saturated carbocycles. The van der Waals surface area contributed by atoms with E-state index >= 15 is 0 Å². The van der Waals surface area contributed by atoms with Gasteiger partial charge in [0.2, 0.25) is 0 Å². The van der Waals surface area contributed by atoms with E-state index in [1.165, 1.54) is 0 Å². The first kappa shape index (κ1) is 15.9. The fraction of sp³-hybridized carbons (Fsp3) is 0.500. The number of benzene rings is 1. The zero-order valence-corrected chi connectivity index (χ0v) is 12.8. The van der Waals surface area contributed by atoms with Crippen LogP contribution in [0.3, 0.4) is 0 Å². The zero-order valence-electron chi connectivity index (χ0n) is 11.9. The smallest absolute Gasteiger partial charge is 0.251 e. The minimum atomic E-state index is -0.876. The van der Waals surface area contributed by atoms with Crippen LogP contribution in [0.5, 0.6) is 0 Å². The summed E-state index contributed by atoms with van der Waals surface area (Å²) < 4.78 is 0. The first-order chi connectivity index (χ1) is 8.85. The average Bonchev–Trinajstić information content (AvgIpc) is 2.36. The lowest BCUT2D eigenvalue weighted by Gasteiger charge is -2.22. The summed E-state index contributed by atoms with van der Waals surface area (Å²) in [6.07, 6.45) is 1.93. The van der Waals surface area contributed by atoms with Gasteiger partial charge in [0.25, 0.3) is 5.91 Å². The molecule has 1 rings (SSSR count). The van der Waals surface area contributed by atoms with Crippen molar-refractivity contribution in [2.24, 2.45) is 0 Å². The third kappa shape index (κ3) is 5.12. The minimum absolute atomic E-state index is 0.160. The maximum absolute atomic E-state index is 11.9. The van der Waals surface area contributed by atoms with Crippen LogP contribution in [-0.2, 0) is 0 Å². The molecule has 0 aromatic heterocycles. The standard InChI is InChI=1S/C14H22N2O2S/c1-14(18,10-19-4)9-15-13(17)11-5-7-12(8-6-11)16(2)3/h5-8,18H,9-10H2,1-4H3,(H,15,17). The van der Waals surface area contributed by atoms with E-state index in [-0.39, 0.29) is 12.5 Å². The summed E-state index contributed by atoms with van der Waals surface area (Å²) in [5.41, 5.74) is 0.773. The lowest BCUT2D eigenvalue weighted by atomic mass is 10.1. The van der Waals surface area contributed by atoms with Crippen molar-refractivity contribution < 1.29 is 9.90 Å². The summed E-state index contributed by atoms with van der Waals surface area (Å²) in [5, 5.41) is 12.7. The van der Waals surface area contributed by atoms with Crippen LogP contribution in [0.15, 0.2) is 24.3 Å². The van der Waals surface area contributed by atoms with Crippen molar-refractivity contribution in [3.05, 3.63) is 29.8 Å². The molecule has 0 aliphatic rings. The number of carbonyl (C=O) groups is 1. The Kier molecular flexibility index (Phi) is 5.69. The largest absolute Gasteiger partial charge is 0.387 e. The zero-order chi connectivity index (χ0) is 14.5. The van der Waals surface area contributed by atoms with Crippen LogP contribution in [-0.4, -0.2) is 49.3 Å². The van der Waals surface area contributed by atoms with E-state index in [1.807, 2.05) is 37.4 Å². The maximum atomic E-state index is 11.9. The highest BCUT2D eigenvalue weighted by molar-refractivity contribution is 7.98. The molecule has 1 aromatic carbocycles. The van der Waals surface area contributed by atoms with Gasteiger partial charge in [-0.15, -0.1) is 0 Å². The number of anilines is 1. The maximum Gasteiger partial charge on any atom is 0.251 e. The molecule has 0 radical (unpaired) electrons. The second kappa shape index (κ2) is 6.82. The van der Waals surface area contributed by atoms with Gasteiger partial charge in [0.1, 0.15) is 0 Å². The van der Waals surface area contributed by atoms with Crippen LogP contribution in [0.1, 0.15) is 17.3 Å². The predicted octanol–water partition coefficient (Wildman–Crippen LogP) is 1.60. The van der Waals surface area contributed by atoms with Gasteiger partial charge in [-0.05, 0) is 37.4 Å². The average molecular weight is 282 g/mol. The SMILES string of the molecule is CSCC(C)(O)CNC(=O)c1ccc(N(C)C)cc1. The predicted molar refractivity (Wildman–Crippen MR) is 82.1 cm³/mol. The van der Waals surface area contributed by atoms with Gasteiger partial charge in [-0.25, -0.2) is 0 Å². The van der Waals surface area contributed by atoms with Crippen molar-refractivity contribution in [2.75, 3.05) is 37.5 Å². The summed E-state index contributed by atoms with van der Waals surface area (Å²) >= 11 is 1.55. The molecular formula is C14H22N2O2S. The number of hydrogen-bond acceptors (Lipinski definition) is 4. The molecule has 19 heavy (non-hydrogen) atoms. The number of rotatable bonds is 6. The van der Waals surface area contributed by atoms with Gasteiger partial charge < -0.3 is 15.3 Å². The van der Waals surface area contributed by atoms with Crippen LogP contribution >= 0.6 is 11.8 Å². The first-order valence-corrected chi connectivity index (χ1v) is 7.52. The Bertz CT molecular complexity index is 416. The van der Waals surface area contributed by atoms with Crippen LogP contribution in [0.2, 0.25) is 0 Å². The van der Waals surface area contributed by atoms with Gasteiger partial charge in [-0.3, -0.25) is 4.79 Å². The van der Waals surface area contributed by atoms with Crippen LogP contribution in [0.25, 0.3) is 0 Å². The summed E-state index contributed by atoms with van der Waals surface area (Å²) in [6, 6.07) is 7.37. The van der Waals surface area contributed by atoms with Crippen molar-refractivity contribution in [3.8, 4) is 0 Å². The Balaban J connectivity index is 2.59. The molecule has 1 amide bonds. The molecule has 0 aliphatic heterocycles. The van der Waals surface area contributed by atoms with Crippen LogP contribution in [0.4, 0.5) is 5.69 Å². The molecule has 4 nitrogen and oxygen atoms in total. The number of nitrogens with zero attached hydrogens (tertiary/aromatic N) is 1. The molecule has 0 saturated heterocycles. The van der Waals surface area contributed by atoms with Gasteiger partial charge >= 0.3 is 0 Å². The Morgan fingerprint density at radius 1 is 1.37 bits per heavy atom. The molecule has 0 aliphatic carbocycles. The third-order valence-electron chi connectivity index (χ3n) is 2.73. The number of carbonyl (C=O) groups excluding carboxylic acids is 1. The van der Waals surface area contributed by atoms with Crippen molar-refractivity contribution in [1.29, 1.82) is 0 Å². The second-order valence-electron chi connectivity index (χ2n) is 5.05. The van der Waals surface area contributed by atoms with E-state index in [2.05, 4.69) is 5.32 Å². The summed E-state index contributed by atoms with van der Waals surface area (Å²) in [5.74, 6) is 0.430. The van der Waals surface area contributed by atoms with Crippen LogP contribution < -0.4 is 10.2 Å². The molecule has 5 heteroatoms. The second-order valence-corrected chi connectivity index (χ2v) is 5.92. The number of thioether (sulfide) groups is 1. The molecular weight excluding hydrogens is 260 g/mol. The van der Waals surface area contributed by atoms with E-state index in [0.29, 0.717) is 11.3 Å². The number of hydrogen-bond donors (Lipinski definition) is 2. The van der Waals surface area contributed by atoms with Gasteiger partial charge in [-0.1, -0.05) is 0 Å². The summed E-state index contributed by atoms with van der Waals surface area (Å²) in [6.45, 7) is 1.97. The normalized spacial score (nSPS) is 13.7. The third-order valence-corrected chi connectivity index (χ3v) is 3.64. The van der Waals surface area contributed by atoms with Gasteiger partial charge in [0.15, 0.2) is 0 Å². The fourth-order valence-corrected chi connectivity index (χ4v) is 2.37. The van der Waals surface area contributed by atoms with E-state index in [4.69, 9.17) is 0 Å². The fourth-order valence-electron chi connectivity index (χ4n) is 1.65. The lowest BCUT2D eigenvalue weighted by Crippen LogP contribution is -2.42. The van der Waals surface area contributed by atoms with Gasteiger partial charge in [-0.2, -0.15) is 11.8 Å². The molecule has 106 valence electrons. The van der Waals surface area contributed by atoms with E-state index in [9.17, 15) is 9.90 Å². The van der Waals surface area contributed by atoms with Crippen LogP contribution in [0, 0.1) is 0 Å². The van der Waals surface area contributed by atoms with Crippen molar-refractivity contribution in [1.82, 2.24) is 5.32 Å². The van der Waals surface area contributed by atoms with E-state index in [1.54, 1.807) is 30.8 Å². The van der Waals surface area contributed by atoms with Crippen molar-refractivity contribution in [2.45, 2.75) is 12.5 Å². The lowest BCUT2D eigenvalue weighted by molar-refractivity contribution is 0.0725. The summed E-state index contributed by atoms with van der Waals surface area (Å²) in [7, 11) is 3.91. The van der Waals surface area contributed by atoms with E-state index in [0.717, 1.165) is 5.69 Å². The highest BCUT2D eigenvalue weighted by Crippen LogP contribution is 2.13. The van der Waals surface area contributed by atoms with Crippen molar-refractivity contribution in [3.63, 3.8) is 0 Å². The Hall–Kier alpha value is -1.20. The Morgan fingerprint density at radius 2 is 1.95 bits per heavy atom. The molecule has 1 unspecified atom stereocenters. The summed E-state index contributed by atoms with van der Waals surface area (Å²) in [4.78, 5) is 13.9. The molecule has 0 heterocycles. The molecule has 0 spiro atoms. The number of nitrogens with one attached hydrogen (secondary N) is 1. The van der Waals surface area contributed by atoms with Gasteiger partial charge in [0, 0.05) is 37.6 Å². The topological polar surface area (TPSA) is 52.6 Å². The van der Waals surface area contributed by atoms with Crippen molar-refractivity contribution >= 4 is 23.4 Å². The molecule has 0 fully saturated rings. The highest BCUT2D eigenvalue weighted by Gasteiger charge is 2.20. The molecule has 1 aromatic rings.